The summed E-state index contributed by atoms with van der Waals surface area (Å²) < 4.78 is 7.25. The van der Waals surface area contributed by atoms with Crippen molar-refractivity contribution in [1.82, 2.24) is 9.78 Å². The van der Waals surface area contributed by atoms with Crippen molar-refractivity contribution in [3.05, 3.63) is 46.8 Å². The van der Waals surface area contributed by atoms with Gasteiger partial charge in [-0.15, -0.1) is 0 Å². The molecule has 0 aliphatic heterocycles. The normalized spacial score (nSPS) is 12.4. The van der Waals surface area contributed by atoms with E-state index in [1.165, 1.54) is 10.2 Å². The summed E-state index contributed by atoms with van der Waals surface area (Å²) in [7, 11) is 0. The predicted octanol–water partition coefficient (Wildman–Crippen LogP) is 5.13. The van der Waals surface area contributed by atoms with Crippen LogP contribution >= 0.6 is 0 Å². The van der Waals surface area contributed by atoms with Crippen molar-refractivity contribution in [1.29, 1.82) is 0 Å². The molecule has 1 unspecified atom stereocenters. The van der Waals surface area contributed by atoms with Gasteiger partial charge >= 0.3 is 0 Å². The Hall–Kier alpha value is -2.10. The van der Waals surface area contributed by atoms with E-state index in [1.54, 1.807) is 0 Å². The van der Waals surface area contributed by atoms with Crippen molar-refractivity contribution >= 4 is 5.91 Å². The van der Waals surface area contributed by atoms with E-state index < -0.39 is 0 Å². The van der Waals surface area contributed by atoms with E-state index in [0.29, 0.717) is 24.0 Å². The van der Waals surface area contributed by atoms with Gasteiger partial charge in [0.05, 0.1) is 12.3 Å². The molecule has 0 saturated heterocycles. The average Bonchev–Trinajstić information content (AvgIpc) is 2.88. The van der Waals surface area contributed by atoms with Gasteiger partial charge in [-0.1, -0.05) is 27.7 Å². The Morgan fingerprint density at radius 1 is 1.16 bits per heavy atom. The third kappa shape index (κ3) is 4.50. The first-order valence-electron chi connectivity index (χ1n) is 9.18. The minimum absolute atomic E-state index is 0.0936. The maximum atomic E-state index is 12.8. The molecule has 25 heavy (non-hydrogen) atoms. The quantitative estimate of drug-likeness (QED) is 0.701. The van der Waals surface area contributed by atoms with E-state index in [1.807, 2.05) is 38.1 Å². The van der Waals surface area contributed by atoms with Crippen LogP contribution in [0.2, 0.25) is 0 Å². The molecule has 1 heterocycles. The summed E-state index contributed by atoms with van der Waals surface area (Å²) in [5.74, 6) is 1.72. The predicted molar refractivity (Wildman–Crippen MR) is 102 cm³/mol. The number of rotatable bonds is 7. The fourth-order valence-corrected chi connectivity index (χ4v) is 3.00. The topological polar surface area (TPSA) is 44.1 Å². The van der Waals surface area contributed by atoms with Crippen molar-refractivity contribution in [3.8, 4) is 5.75 Å². The van der Waals surface area contributed by atoms with E-state index >= 15 is 0 Å². The van der Waals surface area contributed by atoms with Gasteiger partial charge < -0.3 is 4.74 Å². The summed E-state index contributed by atoms with van der Waals surface area (Å²) in [6.45, 7) is 13.3. The third-order valence-corrected chi connectivity index (χ3v) is 4.71. The number of hydrogen-bond acceptors (Lipinski definition) is 3. The van der Waals surface area contributed by atoms with Crippen LogP contribution in [0.3, 0.4) is 0 Å². The lowest BCUT2D eigenvalue weighted by atomic mass is 9.97. The van der Waals surface area contributed by atoms with E-state index in [2.05, 4.69) is 32.8 Å². The van der Waals surface area contributed by atoms with Crippen LogP contribution in [0.4, 0.5) is 0 Å². The van der Waals surface area contributed by atoms with Gasteiger partial charge in [0.15, 0.2) is 0 Å². The highest BCUT2D eigenvalue weighted by atomic mass is 16.5. The molecule has 136 valence electrons. The molecule has 0 radical (unpaired) electrons. The van der Waals surface area contributed by atoms with Gasteiger partial charge in [-0.25, -0.2) is 4.68 Å². The fraction of sp³-hybridized carbons (Fsp3) is 0.524. The second kappa shape index (κ2) is 8.32. The summed E-state index contributed by atoms with van der Waals surface area (Å²) in [6.07, 6.45) is 2.05. The first-order chi connectivity index (χ1) is 11.8. The van der Waals surface area contributed by atoms with Gasteiger partial charge in [-0.2, -0.15) is 5.10 Å². The zero-order chi connectivity index (χ0) is 18.6. The van der Waals surface area contributed by atoms with Crippen molar-refractivity contribution in [2.45, 2.75) is 60.3 Å². The summed E-state index contributed by atoms with van der Waals surface area (Å²) in [6, 6.07) is 7.34. The molecule has 0 amide bonds. The highest BCUT2D eigenvalue weighted by Gasteiger charge is 2.20. The van der Waals surface area contributed by atoms with Crippen LogP contribution in [0.15, 0.2) is 24.3 Å². The molecule has 2 aromatic rings. The van der Waals surface area contributed by atoms with Gasteiger partial charge in [0.1, 0.15) is 5.75 Å². The minimum Gasteiger partial charge on any atom is -0.494 e. The zero-order valence-corrected chi connectivity index (χ0v) is 16.3. The first-order valence-corrected chi connectivity index (χ1v) is 9.18. The Morgan fingerprint density at radius 2 is 1.80 bits per heavy atom. The molecule has 0 saturated carbocycles. The molecule has 0 aliphatic carbocycles. The standard InChI is InChI=1S/C21H30N2O2/c1-7-15(4)20-16(5)22-23(17(20)6)21(24)18-8-10-19(11-9-18)25-13-12-14(2)3/h8-11,14-15H,7,12-13H2,1-6H3. The van der Waals surface area contributed by atoms with Gasteiger partial charge in [0.2, 0.25) is 0 Å². The number of nitrogens with zero attached hydrogens (tertiary/aromatic N) is 2. The van der Waals surface area contributed by atoms with Crippen LogP contribution in [0, 0.1) is 19.8 Å². The Labute approximate surface area is 151 Å². The second-order valence-electron chi connectivity index (χ2n) is 7.17. The molecular weight excluding hydrogens is 312 g/mol. The van der Waals surface area contributed by atoms with E-state index in [0.717, 1.165) is 30.0 Å². The SMILES string of the molecule is CCC(C)c1c(C)nn(C(=O)c2ccc(OCCC(C)C)cc2)c1C. The molecule has 2 rings (SSSR count). The molecule has 0 bridgehead atoms. The smallest absolute Gasteiger partial charge is 0.278 e. The zero-order valence-electron chi connectivity index (χ0n) is 16.3. The van der Waals surface area contributed by atoms with E-state index in [-0.39, 0.29) is 5.91 Å². The molecular formula is C21H30N2O2. The molecule has 0 N–H and O–H groups in total. The van der Waals surface area contributed by atoms with Crippen LogP contribution < -0.4 is 4.74 Å². The third-order valence-electron chi connectivity index (χ3n) is 4.71. The number of carbonyl (C=O) groups is 1. The van der Waals surface area contributed by atoms with Gasteiger partial charge in [0.25, 0.3) is 5.91 Å². The molecule has 1 atom stereocenters. The number of ether oxygens (including phenoxy) is 1. The molecule has 0 fully saturated rings. The van der Waals surface area contributed by atoms with Gasteiger partial charge in [-0.05, 0) is 68.4 Å². The molecule has 0 aliphatic rings. The lowest BCUT2D eigenvalue weighted by molar-refractivity contribution is 0.0942. The van der Waals surface area contributed by atoms with Crippen LogP contribution in [-0.2, 0) is 0 Å². The van der Waals surface area contributed by atoms with Crippen molar-refractivity contribution < 1.29 is 9.53 Å². The molecule has 4 heteroatoms. The summed E-state index contributed by atoms with van der Waals surface area (Å²) in [4.78, 5) is 12.8. The first kappa shape index (κ1) is 19.2. The maximum Gasteiger partial charge on any atom is 0.278 e. The highest BCUT2D eigenvalue weighted by Crippen LogP contribution is 2.26. The molecule has 1 aromatic carbocycles. The number of aryl methyl sites for hydroxylation is 1. The number of benzene rings is 1. The van der Waals surface area contributed by atoms with Crippen molar-refractivity contribution in [3.63, 3.8) is 0 Å². The Balaban J connectivity index is 2.16. The van der Waals surface area contributed by atoms with Crippen LogP contribution in [-0.4, -0.2) is 22.3 Å². The van der Waals surface area contributed by atoms with Crippen molar-refractivity contribution in [2.24, 2.45) is 5.92 Å². The van der Waals surface area contributed by atoms with Crippen molar-refractivity contribution in [2.75, 3.05) is 6.61 Å². The number of carbonyl (C=O) groups excluding carboxylic acids is 1. The average molecular weight is 342 g/mol. The highest BCUT2D eigenvalue weighted by molar-refractivity contribution is 5.96. The van der Waals surface area contributed by atoms with Crippen LogP contribution in [0.25, 0.3) is 0 Å². The summed E-state index contributed by atoms with van der Waals surface area (Å²) in [5.41, 5.74) is 3.69. The monoisotopic (exact) mass is 342 g/mol. The number of hydrogen-bond donors (Lipinski definition) is 0. The number of aromatic nitrogens is 2. The minimum atomic E-state index is -0.0936. The second-order valence-corrected chi connectivity index (χ2v) is 7.17. The van der Waals surface area contributed by atoms with Gasteiger partial charge in [-0.3, -0.25) is 4.79 Å². The van der Waals surface area contributed by atoms with E-state index in [9.17, 15) is 4.79 Å². The lowest BCUT2D eigenvalue weighted by Gasteiger charge is -2.10. The molecule has 1 aromatic heterocycles. The van der Waals surface area contributed by atoms with Gasteiger partial charge in [0, 0.05) is 11.3 Å². The summed E-state index contributed by atoms with van der Waals surface area (Å²) >= 11 is 0. The molecule has 4 nitrogen and oxygen atoms in total. The lowest BCUT2D eigenvalue weighted by Crippen LogP contribution is -2.15. The van der Waals surface area contributed by atoms with Crippen LogP contribution in [0.5, 0.6) is 5.75 Å². The summed E-state index contributed by atoms with van der Waals surface area (Å²) in [5, 5.41) is 4.48. The Kier molecular flexibility index (Phi) is 6.40. The Bertz CT molecular complexity index is 714. The van der Waals surface area contributed by atoms with Crippen LogP contribution in [0.1, 0.15) is 73.8 Å². The largest absolute Gasteiger partial charge is 0.494 e. The fourth-order valence-electron chi connectivity index (χ4n) is 3.00. The molecule has 0 spiro atoms. The Morgan fingerprint density at radius 3 is 2.36 bits per heavy atom. The van der Waals surface area contributed by atoms with E-state index in [4.69, 9.17) is 4.74 Å². The maximum absolute atomic E-state index is 12.8.